The van der Waals surface area contributed by atoms with Crippen LogP contribution in [-0.4, -0.2) is 65.5 Å². The van der Waals surface area contributed by atoms with Gasteiger partial charge in [-0.25, -0.2) is 0 Å². The van der Waals surface area contributed by atoms with Gasteiger partial charge in [0, 0.05) is 43.4 Å². The fraction of sp³-hybridized carbons (Fsp3) is 0.529. The Morgan fingerprint density at radius 1 is 1.13 bits per heavy atom. The van der Waals surface area contributed by atoms with Crippen molar-refractivity contribution in [2.45, 2.75) is 19.4 Å². The van der Waals surface area contributed by atoms with E-state index < -0.39 is 0 Å². The van der Waals surface area contributed by atoms with Gasteiger partial charge in [-0.1, -0.05) is 18.2 Å². The third kappa shape index (κ3) is 3.70. The summed E-state index contributed by atoms with van der Waals surface area (Å²) in [5, 5.41) is 3.23. The number of benzene rings is 1. The lowest BCUT2D eigenvalue weighted by Crippen LogP contribution is -2.46. The molecule has 5 nitrogen and oxygen atoms in total. The quantitative estimate of drug-likeness (QED) is 0.887. The van der Waals surface area contributed by atoms with Gasteiger partial charge in [-0.15, -0.1) is 11.8 Å². The average molecular weight is 333 g/mol. The standard InChI is InChI=1S/C17H23N3O2S/c1-13-5-2-3-6-14(13)16(21)19-7-4-8-20(10-9-19)17(22)15-11-23-12-18-15/h2-3,5-6,15,18H,4,7-12H2,1H3. The summed E-state index contributed by atoms with van der Waals surface area (Å²) in [5.41, 5.74) is 1.77. The Bertz CT molecular complexity index is 587. The highest BCUT2D eigenvalue weighted by molar-refractivity contribution is 7.99. The third-order valence-corrected chi connectivity index (χ3v) is 5.42. The normalized spacial score (nSPS) is 22.0. The highest BCUT2D eigenvalue weighted by Gasteiger charge is 2.29. The molecule has 2 aliphatic heterocycles. The van der Waals surface area contributed by atoms with Crippen LogP contribution in [0, 0.1) is 6.92 Å². The fourth-order valence-electron chi connectivity index (χ4n) is 3.10. The largest absolute Gasteiger partial charge is 0.339 e. The second-order valence-corrected chi connectivity index (χ2v) is 7.09. The lowest BCUT2D eigenvalue weighted by Gasteiger charge is -2.24. The zero-order valence-corrected chi connectivity index (χ0v) is 14.3. The zero-order valence-electron chi connectivity index (χ0n) is 13.5. The summed E-state index contributed by atoms with van der Waals surface area (Å²) >= 11 is 1.76. The summed E-state index contributed by atoms with van der Waals surface area (Å²) in [5.74, 6) is 1.95. The van der Waals surface area contributed by atoms with E-state index in [1.165, 1.54) is 0 Å². The second-order valence-electron chi connectivity index (χ2n) is 6.06. The van der Waals surface area contributed by atoms with Crippen molar-refractivity contribution in [1.29, 1.82) is 0 Å². The number of hydrogen-bond donors (Lipinski definition) is 1. The van der Waals surface area contributed by atoms with Crippen LogP contribution >= 0.6 is 11.8 Å². The van der Waals surface area contributed by atoms with Gasteiger partial charge in [0.05, 0.1) is 6.04 Å². The summed E-state index contributed by atoms with van der Waals surface area (Å²) in [7, 11) is 0. The van der Waals surface area contributed by atoms with Crippen LogP contribution in [0.15, 0.2) is 24.3 Å². The molecule has 3 rings (SSSR count). The fourth-order valence-corrected chi connectivity index (χ4v) is 4.03. The molecule has 23 heavy (non-hydrogen) atoms. The van der Waals surface area contributed by atoms with E-state index in [0.29, 0.717) is 19.6 Å². The van der Waals surface area contributed by atoms with Gasteiger partial charge in [0.2, 0.25) is 5.91 Å². The van der Waals surface area contributed by atoms with Crippen LogP contribution in [0.1, 0.15) is 22.3 Å². The Kier molecular flexibility index (Phi) is 5.23. The molecule has 1 aromatic carbocycles. The Morgan fingerprint density at radius 2 is 1.87 bits per heavy atom. The molecule has 1 unspecified atom stereocenters. The predicted molar refractivity (Wildman–Crippen MR) is 92.5 cm³/mol. The highest BCUT2D eigenvalue weighted by Crippen LogP contribution is 2.16. The molecule has 0 saturated carbocycles. The highest BCUT2D eigenvalue weighted by atomic mass is 32.2. The van der Waals surface area contributed by atoms with Gasteiger partial charge in [0.25, 0.3) is 5.91 Å². The van der Waals surface area contributed by atoms with Crippen molar-refractivity contribution in [3.8, 4) is 0 Å². The molecule has 0 aliphatic carbocycles. The molecule has 124 valence electrons. The number of amides is 2. The summed E-state index contributed by atoms with van der Waals surface area (Å²) in [6.45, 7) is 4.64. The monoisotopic (exact) mass is 333 g/mol. The Balaban J connectivity index is 1.63. The van der Waals surface area contributed by atoms with E-state index in [1.54, 1.807) is 11.8 Å². The summed E-state index contributed by atoms with van der Waals surface area (Å²) in [4.78, 5) is 29.0. The van der Waals surface area contributed by atoms with Crippen LogP contribution in [0.3, 0.4) is 0 Å². The maximum absolute atomic E-state index is 12.7. The third-order valence-electron chi connectivity index (χ3n) is 4.48. The molecule has 2 aliphatic rings. The molecule has 1 aromatic rings. The Labute approximate surface area is 141 Å². The van der Waals surface area contributed by atoms with Gasteiger partial charge in [-0.05, 0) is 25.0 Å². The smallest absolute Gasteiger partial charge is 0.254 e. The van der Waals surface area contributed by atoms with Crippen molar-refractivity contribution >= 4 is 23.6 Å². The molecule has 2 heterocycles. The van der Waals surface area contributed by atoms with Crippen LogP contribution in [0.4, 0.5) is 0 Å². The van der Waals surface area contributed by atoms with E-state index >= 15 is 0 Å². The van der Waals surface area contributed by atoms with Crippen LogP contribution in [0.2, 0.25) is 0 Å². The first-order valence-corrected chi connectivity index (χ1v) is 9.27. The van der Waals surface area contributed by atoms with E-state index in [9.17, 15) is 9.59 Å². The molecule has 0 radical (unpaired) electrons. The van der Waals surface area contributed by atoms with Crippen molar-refractivity contribution in [1.82, 2.24) is 15.1 Å². The van der Waals surface area contributed by atoms with Gasteiger partial charge >= 0.3 is 0 Å². The number of nitrogens with one attached hydrogen (secondary N) is 1. The van der Waals surface area contributed by atoms with Crippen LogP contribution in [-0.2, 0) is 4.79 Å². The zero-order chi connectivity index (χ0) is 16.2. The lowest BCUT2D eigenvalue weighted by atomic mass is 10.1. The summed E-state index contributed by atoms with van der Waals surface area (Å²) in [6, 6.07) is 7.63. The number of thioether (sulfide) groups is 1. The first-order chi connectivity index (χ1) is 11.2. The molecule has 1 N–H and O–H groups in total. The minimum atomic E-state index is -0.0568. The SMILES string of the molecule is Cc1ccccc1C(=O)N1CCCN(C(=O)C2CSCN2)CC1. The Hall–Kier alpha value is -1.53. The molecule has 1 atom stereocenters. The summed E-state index contributed by atoms with van der Waals surface area (Å²) < 4.78 is 0. The van der Waals surface area contributed by atoms with Crippen LogP contribution in [0.25, 0.3) is 0 Å². The topological polar surface area (TPSA) is 52.7 Å². The molecule has 2 amide bonds. The number of carbonyl (C=O) groups excluding carboxylic acids is 2. The molecule has 2 fully saturated rings. The molecule has 2 saturated heterocycles. The van der Waals surface area contributed by atoms with Gasteiger partial charge < -0.3 is 9.80 Å². The van der Waals surface area contributed by atoms with Crippen LogP contribution < -0.4 is 5.32 Å². The van der Waals surface area contributed by atoms with E-state index in [1.807, 2.05) is 41.0 Å². The first-order valence-electron chi connectivity index (χ1n) is 8.11. The van der Waals surface area contributed by atoms with Crippen molar-refractivity contribution in [3.63, 3.8) is 0 Å². The van der Waals surface area contributed by atoms with Crippen LogP contribution in [0.5, 0.6) is 0 Å². The molecular weight excluding hydrogens is 310 g/mol. The maximum Gasteiger partial charge on any atom is 0.254 e. The van der Waals surface area contributed by atoms with Gasteiger partial charge in [0.15, 0.2) is 0 Å². The van der Waals surface area contributed by atoms with Crippen molar-refractivity contribution in [2.75, 3.05) is 37.8 Å². The van der Waals surface area contributed by atoms with E-state index in [4.69, 9.17) is 0 Å². The molecule has 0 spiro atoms. The van der Waals surface area contributed by atoms with E-state index in [-0.39, 0.29) is 17.9 Å². The number of nitrogens with zero attached hydrogens (tertiary/aromatic N) is 2. The van der Waals surface area contributed by atoms with E-state index in [0.717, 1.165) is 35.7 Å². The number of aryl methyl sites for hydroxylation is 1. The van der Waals surface area contributed by atoms with Gasteiger partial charge in [-0.2, -0.15) is 0 Å². The Morgan fingerprint density at radius 3 is 2.61 bits per heavy atom. The van der Waals surface area contributed by atoms with Crippen molar-refractivity contribution < 1.29 is 9.59 Å². The molecular formula is C17H23N3O2S. The average Bonchev–Trinajstić information content (AvgIpc) is 2.98. The maximum atomic E-state index is 12.7. The molecule has 0 aromatic heterocycles. The molecule has 6 heteroatoms. The number of carbonyl (C=O) groups is 2. The number of rotatable bonds is 2. The van der Waals surface area contributed by atoms with Crippen molar-refractivity contribution in [2.24, 2.45) is 0 Å². The minimum absolute atomic E-state index is 0.0568. The first kappa shape index (κ1) is 16.3. The van der Waals surface area contributed by atoms with Crippen molar-refractivity contribution in [3.05, 3.63) is 35.4 Å². The van der Waals surface area contributed by atoms with Gasteiger partial charge in [0.1, 0.15) is 0 Å². The van der Waals surface area contributed by atoms with Gasteiger partial charge in [-0.3, -0.25) is 14.9 Å². The minimum Gasteiger partial charge on any atom is -0.339 e. The predicted octanol–water partition coefficient (Wildman–Crippen LogP) is 1.33. The second kappa shape index (κ2) is 7.36. The summed E-state index contributed by atoms with van der Waals surface area (Å²) in [6.07, 6.45) is 0.837. The number of hydrogen-bond acceptors (Lipinski definition) is 4. The van der Waals surface area contributed by atoms with E-state index in [2.05, 4.69) is 5.32 Å². The lowest BCUT2D eigenvalue weighted by molar-refractivity contribution is -0.132. The molecule has 0 bridgehead atoms.